The highest BCUT2D eigenvalue weighted by Gasteiger charge is 2.08. The third-order valence-corrected chi connectivity index (χ3v) is 2.89. The lowest BCUT2D eigenvalue weighted by Gasteiger charge is -2.19. The second kappa shape index (κ2) is 8.29. The largest absolute Gasteiger partial charge is 0.480 e. The van der Waals surface area contributed by atoms with Crippen LogP contribution in [0.15, 0.2) is 24.3 Å². The standard InChI is InChI=1S/C14H20N2O4/c1-2-16(7-8-17)10-11-3-5-12(6-4-11)14(20)15-9-13(18)19/h3-6,17H,2,7-10H2,1H3,(H,15,20)(H,18,19). The van der Waals surface area contributed by atoms with Gasteiger partial charge in [0.2, 0.25) is 0 Å². The van der Waals surface area contributed by atoms with Crippen LogP contribution in [0.25, 0.3) is 0 Å². The van der Waals surface area contributed by atoms with Crippen LogP contribution < -0.4 is 5.32 Å². The van der Waals surface area contributed by atoms with E-state index in [-0.39, 0.29) is 13.2 Å². The Hall–Kier alpha value is -1.92. The average Bonchev–Trinajstić information content (AvgIpc) is 2.45. The maximum atomic E-state index is 11.6. The number of benzene rings is 1. The van der Waals surface area contributed by atoms with Crippen LogP contribution in [0.5, 0.6) is 0 Å². The number of rotatable bonds is 8. The Morgan fingerprint density at radius 1 is 1.25 bits per heavy atom. The number of carboxylic acids is 1. The van der Waals surface area contributed by atoms with E-state index in [2.05, 4.69) is 10.2 Å². The van der Waals surface area contributed by atoms with Crippen LogP contribution >= 0.6 is 0 Å². The summed E-state index contributed by atoms with van der Waals surface area (Å²) in [5.41, 5.74) is 1.47. The van der Waals surface area contributed by atoms with Gasteiger partial charge in [-0.25, -0.2) is 0 Å². The Morgan fingerprint density at radius 3 is 2.40 bits per heavy atom. The summed E-state index contributed by atoms with van der Waals surface area (Å²) in [6.45, 7) is 3.89. The second-order valence-electron chi connectivity index (χ2n) is 4.37. The van der Waals surface area contributed by atoms with Gasteiger partial charge in [0.25, 0.3) is 5.91 Å². The molecule has 0 saturated carbocycles. The molecule has 0 spiro atoms. The van der Waals surface area contributed by atoms with Gasteiger partial charge in [0.05, 0.1) is 6.61 Å². The van der Waals surface area contributed by atoms with Gasteiger partial charge >= 0.3 is 5.97 Å². The van der Waals surface area contributed by atoms with Gasteiger partial charge in [-0.05, 0) is 24.2 Å². The molecule has 1 aromatic carbocycles. The van der Waals surface area contributed by atoms with Crippen molar-refractivity contribution in [3.63, 3.8) is 0 Å². The van der Waals surface area contributed by atoms with Crippen molar-refractivity contribution in [1.82, 2.24) is 10.2 Å². The molecule has 0 heterocycles. The number of amides is 1. The molecule has 0 bridgehead atoms. The number of carbonyl (C=O) groups excluding carboxylic acids is 1. The number of carbonyl (C=O) groups is 2. The van der Waals surface area contributed by atoms with E-state index >= 15 is 0 Å². The van der Waals surface area contributed by atoms with Gasteiger partial charge in [-0.2, -0.15) is 0 Å². The zero-order valence-corrected chi connectivity index (χ0v) is 11.5. The zero-order valence-electron chi connectivity index (χ0n) is 11.5. The van der Waals surface area contributed by atoms with Gasteiger partial charge in [0.1, 0.15) is 6.54 Å². The molecule has 1 aromatic rings. The smallest absolute Gasteiger partial charge is 0.322 e. The highest BCUT2D eigenvalue weighted by Crippen LogP contribution is 2.07. The summed E-state index contributed by atoms with van der Waals surface area (Å²) in [4.78, 5) is 24.1. The first kappa shape index (κ1) is 16.1. The van der Waals surface area contributed by atoms with Crippen molar-refractivity contribution in [1.29, 1.82) is 0 Å². The maximum absolute atomic E-state index is 11.6. The van der Waals surface area contributed by atoms with E-state index in [0.29, 0.717) is 18.7 Å². The van der Waals surface area contributed by atoms with E-state index in [1.165, 1.54) is 0 Å². The molecule has 1 amide bonds. The summed E-state index contributed by atoms with van der Waals surface area (Å²) in [6.07, 6.45) is 0. The van der Waals surface area contributed by atoms with E-state index in [4.69, 9.17) is 10.2 Å². The predicted octanol–water partition coefficient (Wildman–Crippen LogP) is 0.315. The molecule has 0 aromatic heterocycles. The van der Waals surface area contributed by atoms with Crippen LogP contribution in [0, 0.1) is 0 Å². The molecule has 3 N–H and O–H groups in total. The highest BCUT2D eigenvalue weighted by molar-refractivity contribution is 5.95. The van der Waals surface area contributed by atoms with Crippen molar-refractivity contribution >= 4 is 11.9 Å². The number of aliphatic carboxylic acids is 1. The van der Waals surface area contributed by atoms with E-state index in [1.54, 1.807) is 12.1 Å². The summed E-state index contributed by atoms with van der Waals surface area (Å²) >= 11 is 0. The lowest BCUT2D eigenvalue weighted by Crippen LogP contribution is -2.29. The first-order valence-corrected chi connectivity index (χ1v) is 6.49. The van der Waals surface area contributed by atoms with E-state index in [0.717, 1.165) is 12.1 Å². The third-order valence-electron chi connectivity index (χ3n) is 2.89. The molecule has 0 fully saturated rings. The molecule has 110 valence electrons. The van der Waals surface area contributed by atoms with E-state index < -0.39 is 11.9 Å². The third kappa shape index (κ3) is 5.38. The van der Waals surface area contributed by atoms with Crippen molar-refractivity contribution in [2.45, 2.75) is 13.5 Å². The fourth-order valence-electron chi connectivity index (χ4n) is 1.77. The summed E-state index contributed by atoms with van der Waals surface area (Å²) in [7, 11) is 0. The van der Waals surface area contributed by atoms with E-state index in [1.807, 2.05) is 19.1 Å². The first-order chi connectivity index (χ1) is 9.56. The topological polar surface area (TPSA) is 89.9 Å². The molecule has 0 atom stereocenters. The van der Waals surface area contributed by atoms with Crippen molar-refractivity contribution in [3.05, 3.63) is 35.4 Å². The minimum atomic E-state index is -1.07. The van der Waals surface area contributed by atoms with Gasteiger partial charge in [-0.15, -0.1) is 0 Å². The number of nitrogens with zero attached hydrogens (tertiary/aromatic N) is 1. The SMILES string of the molecule is CCN(CCO)Cc1ccc(C(=O)NCC(=O)O)cc1. The number of likely N-dealkylation sites (N-methyl/N-ethyl adjacent to an activating group) is 1. The Balaban J connectivity index is 2.59. The van der Waals surface area contributed by atoms with Gasteiger partial charge in [-0.1, -0.05) is 19.1 Å². The lowest BCUT2D eigenvalue weighted by atomic mass is 10.1. The lowest BCUT2D eigenvalue weighted by molar-refractivity contribution is -0.135. The Labute approximate surface area is 118 Å². The number of carboxylic acid groups (broad SMARTS) is 1. The van der Waals surface area contributed by atoms with Crippen LogP contribution in [-0.4, -0.2) is 53.2 Å². The van der Waals surface area contributed by atoms with Crippen LogP contribution in [0.3, 0.4) is 0 Å². The van der Waals surface area contributed by atoms with Gasteiger partial charge in [-0.3, -0.25) is 14.5 Å². The molecule has 0 aliphatic rings. The molecule has 20 heavy (non-hydrogen) atoms. The molecule has 0 saturated heterocycles. The Kier molecular flexibility index (Phi) is 6.69. The molecule has 0 radical (unpaired) electrons. The van der Waals surface area contributed by atoms with Gasteiger partial charge in [0, 0.05) is 18.7 Å². The van der Waals surface area contributed by atoms with Crippen LogP contribution in [0.2, 0.25) is 0 Å². The molecule has 0 aliphatic carbocycles. The van der Waals surface area contributed by atoms with Gasteiger partial charge < -0.3 is 15.5 Å². The van der Waals surface area contributed by atoms with E-state index in [9.17, 15) is 9.59 Å². The van der Waals surface area contributed by atoms with Crippen molar-refractivity contribution < 1.29 is 19.8 Å². The molecule has 0 aliphatic heterocycles. The van der Waals surface area contributed by atoms with Crippen LogP contribution in [0.4, 0.5) is 0 Å². The number of hydrogen-bond donors (Lipinski definition) is 3. The second-order valence-corrected chi connectivity index (χ2v) is 4.37. The number of hydrogen-bond acceptors (Lipinski definition) is 4. The quantitative estimate of drug-likeness (QED) is 0.638. The van der Waals surface area contributed by atoms with Crippen LogP contribution in [-0.2, 0) is 11.3 Å². The summed E-state index contributed by atoms with van der Waals surface area (Å²) in [5, 5.41) is 19.7. The first-order valence-electron chi connectivity index (χ1n) is 6.49. The van der Waals surface area contributed by atoms with Crippen molar-refractivity contribution in [3.8, 4) is 0 Å². The molecular formula is C14H20N2O4. The molecule has 6 heteroatoms. The van der Waals surface area contributed by atoms with Crippen molar-refractivity contribution in [2.24, 2.45) is 0 Å². The fourth-order valence-corrected chi connectivity index (χ4v) is 1.77. The van der Waals surface area contributed by atoms with Gasteiger partial charge in [0.15, 0.2) is 0 Å². The summed E-state index contributed by atoms with van der Waals surface area (Å²) in [6, 6.07) is 6.99. The Bertz CT molecular complexity index is 445. The number of nitrogens with one attached hydrogen (secondary N) is 1. The summed E-state index contributed by atoms with van der Waals surface area (Å²) < 4.78 is 0. The molecule has 6 nitrogen and oxygen atoms in total. The monoisotopic (exact) mass is 280 g/mol. The minimum absolute atomic E-state index is 0.115. The predicted molar refractivity (Wildman–Crippen MR) is 74.4 cm³/mol. The summed E-state index contributed by atoms with van der Waals surface area (Å²) in [5.74, 6) is -1.47. The Morgan fingerprint density at radius 2 is 1.90 bits per heavy atom. The average molecular weight is 280 g/mol. The number of aliphatic hydroxyl groups excluding tert-OH is 1. The molecule has 1 rings (SSSR count). The zero-order chi connectivity index (χ0) is 15.0. The normalized spacial score (nSPS) is 10.6. The van der Waals surface area contributed by atoms with Crippen molar-refractivity contribution in [2.75, 3.05) is 26.2 Å². The molecule has 0 unspecified atom stereocenters. The van der Waals surface area contributed by atoms with Crippen LogP contribution in [0.1, 0.15) is 22.8 Å². The minimum Gasteiger partial charge on any atom is -0.480 e. The molecular weight excluding hydrogens is 260 g/mol. The fraction of sp³-hybridized carbons (Fsp3) is 0.429. The highest BCUT2D eigenvalue weighted by atomic mass is 16.4. The number of aliphatic hydroxyl groups is 1. The maximum Gasteiger partial charge on any atom is 0.322 e.